The molecule has 2 aromatic carbocycles. The molecule has 0 saturated carbocycles. The van der Waals surface area contributed by atoms with Gasteiger partial charge in [0.05, 0.1) is 11.4 Å². The van der Waals surface area contributed by atoms with Crippen molar-refractivity contribution >= 4 is 39.9 Å². The Kier molecular flexibility index (Phi) is 5.80. The Morgan fingerprint density at radius 3 is 2.62 bits per heavy atom. The molecule has 5 nitrogen and oxygen atoms in total. The second-order valence-electron chi connectivity index (χ2n) is 5.39. The Bertz CT molecular complexity index is 948. The number of anilines is 2. The zero-order valence-corrected chi connectivity index (χ0v) is 14.7. The summed E-state index contributed by atoms with van der Waals surface area (Å²) in [5.41, 5.74) is 0.165. The van der Waals surface area contributed by atoms with Crippen molar-refractivity contribution in [2.75, 3.05) is 22.9 Å². The SMILES string of the molecule is C=CCNc1nnc(SCC(=O)Nc2ccccc2F)c2ccccc12. The summed E-state index contributed by atoms with van der Waals surface area (Å²) in [5, 5.41) is 16.6. The van der Waals surface area contributed by atoms with Crippen molar-refractivity contribution in [2.45, 2.75) is 5.03 Å². The minimum Gasteiger partial charge on any atom is -0.365 e. The van der Waals surface area contributed by atoms with E-state index in [1.807, 2.05) is 24.3 Å². The van der Waals surface area contributed by atoms with E-state index >= 15 is 0 Å². The molecule has 0 aliphatic carbocycles. The summed E-state index contributed by atoms with van der Waals surface area (Å²) < 4.78 is 13.6. The van der Waals surface area contributed by atoms with Crippen LogP contribution in [0.3, 0.4) is 0 Å². The number of hydrogen-bond acceptors (Lipinski definition) is 5. The number of hydrogen-bond donors (Lipinski definition) is 2. The predicted octanol–water partition coefficient (Wildman–Crippen LogP) is 4.10. The van der Waals surface area contributed by atoms with Crippen LogP contribution in [0.5, 0.6) is 0 Å². The molecule has 3 rings (SSSR count). The summed E-state index contributed by atoms with van der Waals surface area (Å²) in [5.74, 6) is 0.00105. The van der Waals surface area contributed by atoms with Crippen LogP contribution in [-0.4, -0.2) is 28.4 Å². The van der Waals surface area contributed by atoms with Crippen molar-refractivity contribution in [3.8, 4) is 0 Å². The third-order valence-electron chi connectivity index (χ3n) is 3.56. The molecule has 1 aromatic heterocycles. The summed E-state index contributed by atoms with van der Waals surface area (Å²) in [6.07, 6.45) is 1.74. The standard InChI is InChI=1S/C19H17FN4OS/c1-2-11-21-18-13-7-3-4-8-14(13)19(24-23-18)26-12-17(25)22-16-10-6-5-9-15(16)20/h2-10H,1,11-12H2,(H,21,23)(H,22,25). The molecule has 0 aliphatic rings. The number of nitrogens with zero attached hydrogens (tertiary/aromatic N) is 2. The Hall–Kier alpha value is -2.93. The Morgan fingerprint density at radius 2 is 1.85 bits per heavy atom. The second kappa shape index (κ2) is 8.44. The topological polar surface area (TPSA) is 66.9 Å². The summed E-state index contributed by atoms with van der Waals surface area (Å²) in [7, 11) is 0. The van der Waals surface area contributed by atoms with E-state index in [0.29, 0.717) is 17.4 Å². The van der Waals surface area contributed by atoms with E-state index in [1.165, 1.54) is 23.9 Å². The Morgan fingerprint density at radius 1 is 1.12 bits per heavy atom. The monoisotopic (exact) mass is 368 g/mol. The molecule has 0 spiro atoms. The number of amides is 1. The summed E-state index contributed by atoms with van der Waals surface area (Å²) in [4.78, 5) is 12.1. The van der Waals surface area contributed by atoms with Crippen LogP contribution in [0, 0.1) is 5.82 Å². The minimum absolute atomic E-state index is 0.104. The van der Waals surface area contributed by atoms with Crippen LogP contribution in [0.25, 0.3) is 10.8 Å². The summed E-state index contributed by atoms with van der Waals surface area (Å²) >= 11 is 1.26. The van der Waals surface area contributed by atoms with Gasteiger partial charge in [0.1, 0.15) is 10.8 Å². The number of aromatic nitrogens is 2. The van der Waals surface area contributed by atoms with Gasteiger partial charge in [-0.15, -0.1) is 16.8 Å². The van der Waals surface area contributed by atoms with Crippen LogP contribution in [-0.2, 0) is 4.79 Å². The van der Waals surface area contributed by atoms with Gasteiger partial charge in [0.25, 0.3) is 0 Å². The van der Waals surface area contributed by atoms with Gasteiger partial charge in [-0.1, -0.05) is 54.2 Å². The smallest absolute Gasteiger partial charge is 0.234 e. The number of fused-ring (bicyclic) bond motifs is 1. The fourth-order valence-corrected chi connectivity index (χ4v) is 3.14. The molecule has 0 bridgehead atoms. The molecular weight excluding hydrogens is 351 g/mol. The van der Waals surface area contributed by atoms with Gasteiger partial charge in [-0.25, -0.2) is 4.39 Å². The van der Waals surface area contributed by atoms with Gasteiger partial charge in [-0.3, -0.25) is 4.79 Å². The van der Waals surface area contributed by atoms with Gasteiger partial charge in [0.15, 0.2) is 5.82 Å². The highest BCUT2D eigenvalue weighted by atomic mass is 32.2. The number of carbonyl (C=O) groups excluding carboxylic acids is 1. The van der Waals surface area contributed by atoms with E-state index < -0.39 is 5.82 Å². The van der Waals surface area contributed by atoms with Gasteiger partial charge in [0.2, 0.25) is 5.91 Å². The normalized spacial score (nSPS) is 10.5. The molecule has 1 heterocycles. The maximum atomic E-state index is 13.6. The molecule has 26 heavy (non-hydrogen) atoms. The number of carbonyl (C=O) groups is 1. The lowest BCUT2D eigenvalue weighted by molar-refractivity contribution is -0.113. The first-order chi connectivity index (χ1) is 12.7. The number of halogens is 1. The molecule has 0 radical (unpaired) electrons. The maximum absolute atomic E-state index is 13.6. The molecule has 7 heteroatoms. The number of benzene rings is 2. The molecule has 0 unspecified atom stereocenters. The maximum Gasteiger partial charge on any atom is 0.234 e. The highest BCUT2D eigenvalue weighted by molar-refractivity contribution is 8.00. The summed E-state index contributed by atoms with van der Waals surface area (Å²) in [6.45, 7) is 4.26. The molecule has 0 saturated heterocycles. The molecule has 1 amide bonds. The van der Waals surface area contributed by atoms with Crippen molar-refractivity contribution in [1.82, 2.24) is 10.2 Å². The van der Waals surface area contributed by atoms with Crippen LogP contribution in [0.1, 0.15) is 0 Å². The fourth-order valence-electron chi connectivity index (χ4n) is 2.37. The number of nitrogens with one attached hydrogen (secondary N) is 2. The molecule has 0 aliphatic heterocycles. The van der Waals surface area contributed by atoms with Gasteiger partial charge in [0, 0.05) is 17.3 Å². The van der Waals surface area contributed by atoms with E-state index in [9.17, 15) is 9.18 Å². The van der Waals surface area contributed by atoms with Crippen LogP contribution >= 0.6 is 11.8 Å². The summed E-state index contributed by atoms with van der Waals surface area (Å²) in [6, 6.07) is 13.8. The van der Waals surface area contributed by atoms with Crippen molar-refractivity contribution in [1.29, 1.82) is 0 Å². The second-order valence-corrected chi connectivity index (χ2v) is 6.35. The third kappa shape index (κ3) is 4.18. The highest BCUT2D eigenvalue weighted by Gasteiger charge is 2.12. The molecule has 0 atom stereocenters. The lowest BCUT2D eigenvalue weighted by Crippen LogP contribution is -2.15. The van der Waals surface area contributed by atoms with Gasteiger partial charge in [-0.2, -0.15) is 0 Å². The molecule has 3 aromatic rings. The average Bonchev–Trinajstić information content (AvgIpc) is 2.67. The van der Waals surface area contributed by atoms with Crippen LogP contribution < -0.4 is 10.6 Å². The largest absolute Gasteiger partial charge is 0.365 e. The zero-order chi connectivity index (χ0) is 18.4. The van der Waals surface area contributed by atoms with E-state index in [-0.39, 0.29) is 17.3 Å². The third-order valence-corrected chi connectivity index (χ3v) is 4.54. The minimum atomic E-state index is -0.464. The van der Waals surface area contributed by atoms with Crippen LogP contribution in [0.15, 0.2) is 66.2 Å². The molecule has 132 valence electrons. The number of thioether (sulfide) groups is 1. The van der Waals surface area contributed by atoms with Crippen molar-refractivity contribution in [3.05, 3.63) is 67.0 Å². The first kappa shape index (κ1) is 17.9. The number of para-hydroxylation sites is 1. The van der Waals surface area contributed by atoms with E-state index in [4.69, 9.17) is 0 Å². The average molecular weight is 368 g/mol. The molecule has 0 fully saturated rings. The van der Waals surface area contributed by atoms with Gasteiger partial charge in [-0.05, 0) is 12.1 Å². The van der Waals surface area contributed by atoms with Gasteiger partial charge < -0.3 is 10.6 Å². The first-order valence-corrected chi connectivity index (χ1v) is 8.95. The molecule has 2 N–H and O–H groups in total. The Balaban J connectivity index is 1.74. The lowest BCUT2D eigenvalue weighted by Gasteiger charge is -2.10. The zero-order valence-electron chi connectivity index (χ0n) is 13.9. The Labute approximate surface area is 154 Å². The van der Waals surface area contributed by atoms with Crippen molar-refractivity contribution in [2.24, 2.45) is 0 Å². The fraction of sp³-hybridized carbons (Fsp3) is 0.105. The van der Waals surface area contributed by atoms with Crippen molar-refractivity contribution in [3.63, 3.8) is 0 Å². The quantitative estimate of drug-likeness (QED) is 0.485. The predicted molar refractivity (Wildman–Crippen MR) is 104 cm³/mol. The first-order valence-electron chi connectivity index (χ1n) is 7.96. The lowest BCUT2D eigenvalue weighted by atomic mass is 10.2. The van der Waals surface area contributed by atoms with Crippen LogP contribution in [0.2, 0.25) is 0 Å². The van der Waals surface area contributed by atoms with E-state index in [2.05, 4.69) is 27.4 Å². The van der Waals surface area contributed by atoms with Crippen molar-refractivity contribution < 1.29 is 9.18 Å². The van der Waals surface area contributed by atoms with Gasteiger partial charge >= 0.3 is 0 Å². The van der Waals surface area contributed by atoms with E-state index in [1.54, 1.807) is 18.2 Å². The van der Waals surface area contributed by atoms with E-state index in [0.717, 1.165) is 10.8 Å². The number of rotatable bonds is 7. The van der Waals surface area contributed by atoms with Crippen LogP contribution in [0.4, 0.5) is 15.9 Å². The molecular formula is C19H17FN4OS. The highest BCUT2D eigenvalue weighted by Crippen LogP contribution is 2.29.